The predicted molar refractivity (Wildman–Crippen MR) is 103 cm³/mol. The molecular weight excluding hydrogens is 316 g/mol. The average molecular weight is 355 g/mol. The zero-order chi connectivity index (χ0) is 18.8. The van der Waals surface area contributed by atoms with Gasteiger partial charge in [0, 0.05) is 25.2 Å². The van der Waals surface area contributed by atoms with Crippen LogP contribution < -0.4 is 5.43 Å². The summed E-state index contributed by atoms with van der Waals surface area (Å²) in [5.41, 5.74) is 2.82. The molecule has 0 fully saturated rings. The summed E-state index contributed by atoms with van der Waals surface area (Å²) in [5, 5.41) is 10.6. The Balaban J connectivity index is 4.11. The van der Waals surface area contributed by atoms with Crippen LogP contribution in [0.4, 0.5) is 0 Å². The topological polar surface area (TPSA) is 69.6 Å². The van der Waals surface area contributed by atoms with Crippen LogP contribution in [0.3, 0.4) is 0 Å². The summed E-state index contributed by atoms with van der Waals surface area (Å²) >= 11 is 0. The highest BCUT2D eigenvalue weighted by Gasteiger charge is 2.07. The molecule has 5 heteroatoms. The first-order valence-electron chi connectivity index (χ1n) is 10.1. The molecule has 0 aromatic carbocycles. The Morgan fingerprint density at radius 1 is 0.760 bits per heavy atom. The minimum Gasteiger partial charge on any atom is -0.478 e. The number of carboxylic acid groups (broad SMARTS) is 1. The van der Waals surface area contributed by atoms with Gasteiger partial charge in [0.05, 0.1) is 0 Å². The zero-order valence-electron chi connectivity index (χ0n) is 16.3. The van der Waals surface area contributed by atoms with Gasteiger partial charge in [0.15, 0.2) is 0 Å². The number of hydrazine groups is 1. The second-order valence-electron chi connectivity index (χ2n) is 6.67. The SMILES string of the molecule is CCCCCCCCN(CCCCCCCC)NC(=O)C=CC(=O)O. The van der Waals surface area contributed by atoms with Crippen LogP contribution in [-0.2, 0) is 9.59 Å². The van der Waals surface area contributed by atoms with E-state index in [1.165, 1.54) is 64.2 Å². The molecule has 0 atom stereocenters. The average Bonchev–Trinajstić information content (AvgIpc) is 2.58. The van der Waals surface area contributed by atoms with Crippen molar-refractivity contribution in [2.75, 3.05) is 13.1 Å². The van der Waals surface area contributed by atoms with Crippen molar-refractivity contribution in [3.8, 4) is 0 Å². The van der Waals surface area contributed by atoms with Crippen LogP contribution in [0.15, 0.2) is 12.2 Å². The molecule has 146 valence electrons. The molecule has 0 saturated carbocycles. The Bertz CT molecular complexity index is 354. The van der Waals surface area contributed by atoms with Crippen molar-refractivity contribution in [2.45, 2.75) is 90.9 Å². The maximum Gasteiger partial charge on any atom is 0.328 e. The minimum absolute atomic E-state index is 0.362. The first kappa shape index (κ1) is 23.6. The van der Waals surface area contributed by atoms with E-state index in [0.717, 1.165) is 38.1 Å². The highest BCUT2D eigenvalue weighted by atomic mass is 16.4. The van der Waals surface area contributed by atoms with Gasteiger partial charge in [-0.1, -0.05) is 78.1 Å². The molecular formula is C20H38N2O3. The molecule has 0 heterocycles. The van der Waals surface area contributed by atoms with Crippen molar-refractivity contribution in [2.24, 2.45) is 0 Å². The van der Waals surface area contributed by atoms with E-state index in [-0.39, 0.29) is 5.91 Å². The number of amides is 1. The largest absolute Gasteiger partial charge is 0.478 e. The number of carbonyl (C=O) groups is 2. The van der Waals surface area contributed by atoms with E-state index in [1.54, 1.807) is 0 Å². The molecule has 0 aromatic rings. The third-order valence-corrected chi connectivity index (χ3v) is 4.21. The fourth-order valence-electron chi connectivity index (χ4n) is 2.73. The van der Waals surface area contributed by atoms with Gasteiger partial charge in [-0.2, -0.15) is 0 Å². The van der Waals surface area contributed by atoms with E-state index in [2.05, 4.69) is 19.3 Å². The molecule has 0 aliphatic carbocycles. The number of hydrogen-bond donors (Lipinski definition) is 2. The molecule has 2 N–H and O–H groups in total. The first-order chi connectivity index (χ1) is 12.1. The Morgan fingerprint density at radius 2 is 1.20 bits per heavy atom. The van der Waals surface area contributed by atoms with E-state index in [9.17, 15) is 9.59 Å². The molecule has 0 saturated heterocycles. The Morgan fingerprint density at radius 3 is 1.64 bits per heavy atom. The van der Waals surface area contributed by atoms with Crippen LogP contribution in [0.2, 0.25) is 0 Å². The fraction of sp³-hybridized carbons (Fsp3) is 0.800. The summed E-state index contributed by atoms with van der Waals surface area (Å²) in [5.74, 6) is -1.46. The number of carbonyl (C=O) groups excluding carboxylic acids is 1. The van der Waals surface area contributed by atoms with Crippen LogP contribution in [0, 0.1) is 0 Å². The first-order valence-corrected chi connectivity index (χ1v) is 10.1. The van der Waals surface area contributed by atoms with Crippen LogP contribution in [0.1, 0.15) is 90.9 Å². The second-order valence-corrected chi connectivity index (χ2v) is 6.67. The predicted octanol–water partition coefficient (Wildman–Crippen LogP) is 4.68. The lowest BCUT2D eigenvalue weighted by Crippen LogP contribution is -2.42. The summed E-state index contributed by atoms with van der Waals surface area (Å²) < 4.78 is 0. The van der Waals surface area contributed by atoms with Gasteiger partial charge in [-0.25, -0.2) is 9.80 Å². The normalized spacial score (nSPS) is 11.3. The highest BCUT2D eigenvalue weighted by molar-refractivity contribution is 5.93. The zero-order valence-corrected chi connectivity index (χ0v) is 16.3. The van der Waals surface area contributed by atoms with Crippen molar-refractivity contribution in [3.05, 3.63) is 12.2 Å². The van der Waals surface area contributed by atoms with Gasteiger partial charge in [0.2, 0.25) is 0 Å². The molecule has 0 aliphatic rings. The monoisotopic (exact) mass is 354 g/mol. The lowest BCUT2D eigenvalue weighted by Gasteiger charge is -2.22. The fourth-order valence-corrected chi connectivity index (χ4v) is 2.73. The number of aliphatic carboxylic acids is 1. The molecule has 0 unspecified atom stereocenters. The number of nitrogens with one attached hydrogen (secondary N) is 1. The smallest absolute Gasteiger partial charge is 0.328 e. The van der Waals surface area contributed by atoms with Gasteiger partial charge >= 0.3 is 5.97 Å². The van der Waals surface area contributed by atoms with Gasteiger partial charge in [-0.05, 0) is 12.8 Å². The molecule has 0 bridgehead atoms. The molecule has 5 nitrogen and oxygen atoms in total. The number of carboxylic acids is 1. The van der Waals surface area contributed by atoms with E-state index in [4.69, 9.17) is 5.11 Å². The van der Waals surface area contributed by atoms with Gasteiger partial charge in [0.25, 0.3) is 5.91 Å². The van der Waals surface area contributed by atoms with E-state index >= 15 is 0 Å². The Hall–Kier alpha value is -1.36. The third kappa shape index (κ3) is 17.3. The molecule has 1 amide bonds. The summed E-state index contributed by atoms with van der Waals surface area (Å²) in [6, 6.07) is 0. The lowest BCUT2D eigenvalue weighted by atomic mass is 10.1. The number of nitrogens with zero attached hydrogens (tertiary/aromatic N) is 1. The highest BCUT2D eigenvalue weighted by Crippen LogP contribution is 2.08. The quantitative estimate of drug-likeness (QED) is 0.226. The van der Waals surface area contributed by atoms with Gasteiger partial charge < -0.3 is 5.11 Å². The Labute approximate surface area is 153 Å². The van der Waals surface area contributed by atoms with Crippen LogP contribution >= 0.6 is 0 Å². The lowest BCUT2D eigenvalue weighted by molar-refractivity contribution is -0.132. The molecule has 0 aliphatic heterocycles. The van der Waals surface area contributed by atoms with Crippen molar-refractivity contribution in [1.82, 2.24) is 10.4 Å². The van der Waals surface area contributed by atoms with Crippen molar-refractivity contribution < 1.29 is 14.7 Å². The summed E-state index contributed by atoms with van der Waals surface area (Å²) in [7, 11) is 0. The molecule has 0 spiro atoms. The summed E-state index contributed by atoms with van der Waals surface area (Å²) in [4.78, 5) is 22.3. The van der Waals surface area contributed by atoms with Crippen LogP contribution in [0.25, 0.3) is 0 Å². The molecule has 0 rings (SSSR count). The summed E-state index contributed by atoms with van der Waals surface area (Å²) in [6.45, 7) is 6.08. The number of hydrogen-bond acceptors (Lipinski definition) is 3. The van der Waals surface area contributed by atoms with E-state index < -0.39 is 5.97 Å². The molecule has 0 radical (unpaired) electrons. The number of unbranched alkanes of at least 4 members (excludes halogenated alkanes) is 10. The van der Waals surface area contributed by atoms with E-state index in [0.29, 0.717) is 0 Å². The van der Waals surface area contributed by atoms with E-state index in [1.807, 2.05) is 5.01 Å². The van der Waals surface area contributed by atoms with Crippen LogP contribution in [0.5, 0.6) is 0 Å². The van der Waals surface area contributed by atoms with Gasteiger partial charge in [-0.3, -0.25) is 10.2 Å². The Kier molecular flexibility index (Phi) is 16.5. The number of rotatable bonds is 17. The van der Waals surface area contributed by atoms with Crippen molar-refractivity contribution in [1.29, 1.82) is 0 Å². The third-order valence-electron chi connectivity index (χ3n) is 4.21. The molecule has 0 aromatic heterocycles. The van der Waals surface area contributed by atoms with Crippen molar-refractivity contribution >= 4 is 11.9 Å². The second kappa shape index (κ2) is 17.5. The standard InChI is InChI=1S/C20H38N2O3/c1-3-5-7-9-11-13-17-22(18-14-12-10-8-6-4-2)21-19(23)15-16-20(24)25/h15-16H,3-14,17-18H2,1-2H3,(H,21,23)(H,24,25). The molecule has 25 heavy (non-hydrogen) atoms. The van der Waals surface area contributed by atoms with Crippen LogP contribution in [-0.4, -0.2) is 35.1 Å². The maximum absolute atomic E-state index is 11.8. The van der Waals surface area contributed by atoms with Gasteiger partial charge in [-0.15, -0.1) is 0 Å². The maximum atomic E-state index is 11.8. The summed E-state index contributed by atoms with van der Waals surface area (Å²) in [6.07, 6.45) is 16.5. The van der Waals surface area contributed by atoms with Gasteiger partial charge in [0.1, 0.15) is 0 Å². The van der Waals surface area contributed by atoms with Crippen molar-refractivity contribution in [3.63, 3.8) is 0 Å². The minimum atomic E-state index is -1.10.